The van der Waals surface area contributed by atoms with Gasteiger partial charge in [0.2, 0.25) is 5.91 Å². The Morgan fingerprint density at radius 3 is 2.85 bits per heavy atom. The van der Waals surface area contributed by atoms with Crippen molar-refractivity contribution in [2.24, 2.45) is 0 Å². The van der Waals surface area contributed by atoms with Crippen LogP contribution in [0.5, 0.6) is 0 Å². The number of fused-ring (bicyclic) bond motifs is 1. The molecule has 1 N–H and O–H groups in total. The minimum atomic E-state index is -0.240. The first-order chi connectivity index (χ1) is 9.72. The Kier molecular flexibility index (Phi) is 3.54. The molecule has 20 heavy (non-hydrogen) atoms. The fourth-order valence-corrected chi connectivity index (χ4v) is 2.62. The smallest absolute Gasteiger partial charge is 0.223 e. The van der Waals surface area contributed by atoms with Gasteiger partial charge in [-0.05, 0) is 35.7 Å². The van der Waals surface area contributed by atoms with Crippen molar-refractivity contribution in [3.63, 3.8) is 0 Å². The minimum absolute atomic E-state index is 0.168. The van der Waals surface area contributed by atoms with E-state index in [1.54, 1.807) is 12.1 Å². The first-order valence-corrected chi connectivity index (χ1v) is 6.90. The number of hydrogen-bond donors (Lipinski definition) is 1. The monoisotopic (exact) mass is 272 g/mol. The van der Waals surface area contributed by atoms with Crippen molar-refractivity contribution in [2.45, 2.75) is 25.8 Å². The Bertz CT molecular complexity index is 603. The molecule has 0 unspecified atom stereocenters. The molecule has 2 heterocycles. The van der Waals surface area contributed by atoms with Crippen LogP contribution in [0.1, 0.15) is 23.2 Å². The highest BCUT2D eigenvalue weighted by Crippen LogP contribution is 2.18. The van der Waals surface area contributed by atoms with Crippen molar-refractivity contribution in [3.8, 4) is 0 Å². The molecule has 104 valence electrons. The van der Waals surface area contributed by atoms with Gasteiger partial charge in [0, 0.05) is 37.8 Å². The van der Waals surface area contributed by atoms with Crippen molar-refractivity contribution in [3.05, 3.63) is 59.2 Å². The van der Waals surface area contributed by atoms with Crippen LogP contribution >= 0.6 is 0 Å². The summed E-state index contributed by atoms with van der Waals surface area (Å²) >= 11 is 0. The third-order valence-corrected chi connectivity index (χ3v) is 3.82. The van der Waals surface area contributed by atoms with Crippen molar-refractivity contribution in [1.82, 2.24) is 9.88 Å². The van der Waals surface area contributed by atoms with Gasteiger partial charge in [-0.15, -0.1) is 0 Å². The number of aryl methyl sites for hydroxylation is 1. The van der Waals surface area contributed by atoms with Crippen LogP contribution in [0.2, 0.25) is 0 Å². The summed E-state index contributed by atoms with van der Waals surface area (Å²) in [5.41, 5.74) is 3.46. The topological polar surface area (TPSA) is 36.1 Å². The molecule has 1 aromatic heterocycles. The largest absolute Gasteiger partial charge is 0.365 e. The third kappa shape index (κ3) is 2.74. The molecule has 1 amide bonds. The van der Waals surface area contributed by atoms with E-state index >= 15 is 0 Å². The van der Waals surface area contributed by atoms with Gasteiger partial charge in [-0.1, -0.05) is 12.1 Å². The van der Waals surface area contributed by atoms with Crippen molar-refractivity contribution < 1.29 is 9.18 Å². The van der Waals surface area contributed by atoms with Gasteiger partial charge < -0.3 is 9.88 Å². The number of benzene rings is 1. The molecule has 0 atom stereocenters. The number of H-pyrrole nitrogens is 1. The fourth-order valence-electron chi connectivity index (χ4n) is 2.62. The quantitative estimate of drug-likeness (QED) is 0.916. The Morgan fingerprint density at radius 2 is 2.05 bits per heavy atom. The number of halogens is 1. The number of carbonyl (C=O) groups is 1. The Labute approximate surface area is 117 Å². The zero-order valence-electron chi connectivity index (χ0n) is 11.2. The predicted molar refractivity (Wildman–Crippen MR) is 74.6 cm³/mol. The lowest BCUT2D eigenvalue weighted by Gasteiger charge is -2.27. The molecule has 2 aromatic rings. The molecule has 3 rings (SSSR count). The molecular formula is C16H17FN2O. The summed E-state index contributed by atoms with van der Waals surface area (Å²) in [6.45, 7) is 1.47. The standard InChI is InChI=1S/C16H17FN2O/c17-14-4-1-12(2-5-14)3-6-16(20)19-10-8-15-13(11-19)7-9-18-15/h1-2,4-5,7,9,18H,3,6,8,10-11H2. The van der Waals surface area contributed by atoms with E-state index < -0.39 is 0 Å². The summed E-state index contributed by atoms with van der Waals surface area (Å²) in [6.07, 6.45) is 3.96. The highest BCUT2D eigenvalue weighted by atomic mass is 19.1. The van der Waals surface area contributed by atoms with Gasteiger partial charge in [0.15, 0.2) is 0 Å². The lowest BCUT2D eigenvalue weighted by atomic mass is 10.1. The average molecular weight is 272 g/mol. The van der Waals surface area contributed by atoms with E-state index in [2.05, 4.69) is 4.98 Å². The van der Waals surface area contributed by atoms with Crippen LogP contribution < -0.4 is 0 Å². The number of carbonyl (C=O) groups excluding carboxylic acids is 1. The van der Waals surface area contributed by atoms with Crippen LogP contribution in [0.3, 0.4) is 0 Å². The Hall–Kier alpha value is -2.10. The first-order valence-electron chi connectivity index (χ1n) is 6.90. The second-order valence-electron chi connectivity index (χ2n) is 5.17. The van der Waals surface area contributed by atoms with E-state index in [-0.39, 0.29) is 11.7 Å². The van der Waals surface area contributed by atoms with E-state index in [0.29, 0.717) is 19.4 Å². The fraction of sp³-hybridized carbons (Fsp3) is 0.312. The maximum absolute atomic E-state index is 12.8. The second kappa shape index (κ2) is 5.49. The molecule has 4 heteroatoms. The maximum Gasteiger partial charge on any atom is 0.223 e. The van der Waals surface area contributed by atoms with Crippen molar-refractivity contribution in [1.29, 1.82) is 0 Å². The third-order valence-electron chi connectivity index (χ3n) is 3.82. The molecule has 1 aliphatic heterocycles. The highest BCUT2D eigenvalue weighted by Gasteiger charge is 2.20. The normalized spacial score (nSPS) is 14.2. The molecule has 0 spiro atoms. The zero-order chi connectivity index (χ0) is 13.9. The number of aromatic amines is 1. The average Bonchev–Trinajstić information content (AvgIpc) is 2.93. The molecule has 0 saturated heterocycles. The van der Waals surface area contributed by atoms with Crippen molar-refractivity contribution in [2.75, 3.05) is 6.54 Å². The molecule has 3 nitrogen and oxygen atoms in total. The molecule has 1 aromatic carbocycles. The maximum atomic E-state index is 12.8. The number of nitrogens with one attached hydrogen (secondary N) is 1. The number of nitrogens with zero attached hydrogens (tertiary/aromatic N) is 1. The van der Waals surface area contributed by atoms with Crippen molar-refractivity contribution >= 4 is 5.91 Å². The number of hydrogen-bond acceptors (Lipinski definition) is 1. The molecule has 0 radical (unpaired) electrons. The summed E-state index contributed by atoms with van der Waals surface area (Å²) in [5, 5.41) is 0. The Balaban J connectivity index is 1.56. The van der Waals surface area contributed by atoms with Gasteiger partial charge in [0.1, 0.15) is 5.82 Å². The lowest BCUT2D eigenvalue weighted by molar-refractivity contribution is -0.132. The molecule has 0 bridgehead atoms. The van der Waals surface area contributed by atoms with Gasteiger partial charge >= 0.3 is 0 Å². The van der Waals surface area contributed by atoms with Gasteiger partial charge in [-0.2, -0.15) is 0 Å². The molecule has 0 saturated carbocycles. The molecule has 1 aliphatic rings. The zero-order valence-corrected chi connectivity index (χ0v) is 11.2. The van der Waals surface area contributed by atoms with Crippen LogP contribution in [0, 0.1) is 5.82 Å². The van der Waals surface area contributed by atoms with E-state index in [1.165, 1.54) is 23.4 Å². The van der Waals surface area contributed by atoms with Gasteiger partial charge in [0.05, 0.1) is 0 Å². The van der Waals surface area contributed by atoms with Crippen LogP contribution in [-0.2, 0) is 24.2 Å². The second-order valence-corrected chi connectivity index (χ2v) is 5.17. The first kappa shape index (κ1) is 12.9. The number of aromatic nitrogens is 1. The summed E-state index contributed by atoms with van der Waals surface area (Å²) in [5.74, 6) is -0.0720. The van der Waals surface area contributed by atoms with Crippen LogP contribution in [-0.4, -0.2) is 22.3 Å². The number of amides is 1. The summed E-state index contributed by atoms with van der Waals surface area (Å²) in [7, 11) is 0. The number of rotatable bonds is 3. The van der Waals surface area contributed by atoms with Gasteiger partial charge in [-0.3, -0.25) is 4.79 Å². The molecule has 0 fully saturated rings. The highest BCUT2D eigenvalue weighted by molar-refractivity contribution is 5.76. The molecule has 0 aliphatic carbocycles. The van der Waals surface area contributed by atoms with E-state index in [1.807, 2.05) is 17.2 Å². The van der Waals surface area contributed by atoms with E-state index in [0.717, 1.165) is 18.5 Å². The summed E-state index contributed by atoms with van der Waals surface area (Å²) < 4.78 is 12.8. The van der Waals surface area contributed by atoms with Gasteiger partial charge in [-0.25, -0.2) is 4.39 Å². The van der Waals surface area contributed by atoms with Crippen LogP contribution in [0.25, 0.3) is 0 Å². The minimum Gasteiger partial charge on any atom is -0.365 e. The van der Waals surface area contributed by atoms with E-state index in [4.69, 9.17) is 0 Å². The van der Waals surface area contributed by atoms with E-state index in [9.17, 15) is 9.18 Å². The SMILES string of the molecule is O=C(CCc1ccc(F)cc1)N1CCc2[nH]ccc2C1. The lowest BCUT2D eigenvalue weighted by Crippen LogP contribution is -2.35. The van der Waals surface area contributed by atoms with Crippen LogP contribution in [0.4, 0.5) is 4.39 Å². The summed E-state index contributed by atoms with van der Waals surface area (Å²) in [4.78, 5) is 17.3. The molecular weight excluding hydrogens is 255 g/mol. The Morgan fingerprint density at radius 1 is 1.25 bits per heavy atom. The van der Waals surface area contributed by atoms with Crippen LogP contribution in [0.15, 0.2) is 36.5 Å². The summed E-state index contributed by atoms with van der Waals surface area (Å²) in [6, 6.07) is 8.39. The predicted octanol–water partition coefficient (Wildman–Crippen LogP) is 2.67. The van der Waals surface area contributed by atoms with Gasteiger partial charge in [0.25, 0.3) is 0 Å².